The van der Waals surface area contributed by atoms with Crippen LogP contribution in [0.3, 0.4) is 0 Å². The Kier molecular flexibility index (Phi) is 3.50. The summed E-state index contributed by atoms with van der Waals surface area (Å²) in [6, 6.07) is 0. The molecule has 2 aromatic rings. The molecule has 0 amide bonds. The Hall–Kier alpha value is -1.73. The van der Waals surface area contributed by atoms with Gasteiger partial charge in [0.1, 0.15) is 11.8 Å². The minimum atomic E-state index is -0.119. The van der Waals surface area contributed by atoms with Crippen LogP contribution in [0.1, 0.15) is 6.42 Å². The zero-order valence-corrected chi connectivity index (χ0v) is 9.32. The molecule has 0 radical (unpaired) electrons. The maximum absolute atomic E-state index is 8.98. The first-order valence-corrected chi connectivity index (χ1v) is 5.39. The lowest BCUT2D eigenvalue weighted by Gasteiger charge is -2.10. The van der Waals surface area contributed by atoms with Gasteiger partial charge < -0.3 is 20.5 Å². The van der Waals surface area contributed by atoms with Gasteiger partial charge in [0.15, 0.2) is 11.5 Å². The van der Waals surface area contributed by atoms with Crippen molar-refractivity contribution in [3.8, 4) is 0 Å². The number of hydrogen-bond donors (Lipinski definition) is 3. The summed E-state index contributed by atoms with van der Waals surface area (Å²) in [6.07, 6.45) is 3.69. The minimum absolute atomic E-state index is 0.0275. The number of rotatable bonds is 5. The normalized spacial score (nSPS) is 11.5. The summed E-state index contributed by atoms with van der Waals surface area (Å²) in [5.41, 5.74) is 6.92. The molecule has 0 fully saturated rings. The number of aromatic nitrogens is 4. The van der Waals surface area contributed by atoms with Crippen LogP contribution in [0.15, 0.2) is 12.7 Å². The fourth-order valence-corrected chi connectivity index (χ4v) is 1.62. The summed E-state index contributed by atoms with van der Waals surface area (Å²) in [5, 5.41) is 18.0. The Morgan fingerprint density at radius 3 is 2.71 bits per heavy atom. The van der Waals surface area contributed by atoms with Crippen LogP contribution in [0.25, 0.3) is 11.2 Å². The van der Waals surface area contributed by atoms with E-state index in [-0.39, 0.29) is 19.1 Å². The minimum Gasteiger partial charge on any atom is -0.396 e. The van der Waals surface area contributed by atoms with Crippen molar-refractivity contribution in [3.05, 3.63) is 12.7 Å². The maximum atomic E-state index is 8.98. The van der Waals surface area contributed by atoms with Gasteiger partial charge in [0, 0.05) is 25.7 Å². The third-order valence-corrected chi connectivity index (χ3v) is 2.72. The van der Waals surface area contributed by atoms with Crippen LogP contribution in [0.2, 0.25) is 0 Å². The summed E-state index contributed by atoms with van der Waals surface area (Å²) in [6.45, 7) is 0.569. The second kappa shape index (κ2) is 5.07. The Morgan fingerprint density at radius 2 is 2.00 bits per heavy atom. The van der Waals surface area contributed by atoms with Crippen LogP contribution in [0.4, 0.5) is 5.82 Å². The molecule has 7 heteroatoms. The highest BCUT2D eigenvalue weighted by Gasteiger charge is 2.10. The zero-order chi connectivity index (χ0) is 12.3. The van der Waals surface area contributed by atoms with Crippen molar-refractivity contribution >= 4 is 17.0 Å². The first-order valence-electron chi connectivity index (χ1n) is 5.39. The smallest absolute Gasteiger partial charge is 0.165 e. The highest BCUT2D eigenvalue weighted by molar-refractivity contribution is 5.80. The number of aliphatic hydroxyl groups excluding tert-OH is 2. The Morgan fingerprint density at radius 1 is 1.24 bits per heavy atom. The van der Waals surface area contributed by atoms with E-state index in [1.165, 1.54) is 6.33 Å². The number of aryl methyl sites for hydroxylation is 1. The fourth-order valence-electron chi connectivity index (χ4n) is 1.62. The molecule has 0 aromatic carbocycles. The molecule has 0 aliphatic rings. The Balaban J connectivity index is 2.17. The van der Waals surface area contributed by atoms with E-state index in [1.54, 1.807) is 6.33 Å². The van der Waals surface area contributed by atoms with E-state index >= 15 is 0 Å². The van der Waals surface area contributed by atoms with E-state index in [0.717, 1.165) is 0 Å². The van der Waals surface area contributed by atoms with E-state index in [1.807, 2.05) is 4.57 Å². The molecule has 2 aromatic heterocycles. The van der Waals surface area contributed by atoms with Crippen LogP contribution in [0, 0.1) is 5.92 Å². The molecule has 0 saturated carbocycles. The molecule has 0 saturated heterocycles. The van der Waals surface area contributed by atoms with Crippen molar-refractivity contribution in [1.29, 1.82) is 0 Å². The molecule has 0 aliphatic heterocycles. The molecule has 0 spiro atoms. The van der Waals surface area contributed by atoms with E-state index < -0.39 is 0 Å². The SMILES string of the molecule is Nc1ncnc2c1ncn2CCC(CO)CO. The Bertz CT molecular complexity index is 494. The monoisotopic (exact) mass is 237 g/mol. The van der Waals surface area contributed by atoms with Crippen molar-refractivity contribution in [1.82, 2.24) is 19.5 Å². The molecular weight excluding hydrogens is 222 g/mol. The number of imidazole rings is 1. The van der Waals surface area contributed by atoms with Crippen molar-refractivity contribution in [2.75, 3.05) is 18.9 Å². The molecule has 0 aliphatic carbocycles. The van der Waals surface area contributed by atoms with E-state index in [0.29, 0.717) is 29.9 Å². The van der Waals surface area contributed by atoms with Gasteiger partial charge in [0.25, 0.3) is 0 Å². The molecule has 2 heterocycles. The number of nitrogen functional groups attached to an aromatic ring is 1. The topological polar surface area (TPSA) is 110 Å². The largest absolute Gasteiger partial charge is 0.396 e. The van der Waals surface area contributed by atoms with Crippen LogP contribution in [-0.2, 0) is 6.54 Å². The number of anilines is 1. The standard InChI is InChI=1S/C10H15N5O2/c11-9-8-10(13-5-12-9)15(6-14-8)2-1-7(3-16)4-17/h5-7,16-17H,1-4H2,(H2,11,12,13). The van der Waals surface area contributed by atoms with Crippen LogP contribution < -0.4 is 5.73 Å². The average Bonchev–Trinajstić information content (AvgIpc) is 2.75. The summed E-state index contributed by atoms with van der Waals surface area (Å²) >= 11 is 0. The molecule has 17 heavy (non-hydrogen) atoms. The first kappa shape index (κ1) is 11.7. The van der Waals surface area contributed by atoms with Crippen molar-refractivity contribution in [2.24, 2.45) is 5.92 Å². The molecule has 92 valence electrons. The molecule has 4 N–H and O–H groups in total. The molecule has 0 bridgehead atoms. The van der Waals surface area contributed by atoms with Gasteiger partial charge in [0.05, 0.1) is 6.33 Å². The van der Waals surface area contributed by atoms with Gasteiger partial charge in [-0.25, -0.2) is 15.0 Å². The lowest BCUT2D eigenvalue weighted by Crippen LogP contribution is -2.14. The van der Waals surface area contributed by atoms with Gasteiger partial charge in [-0.05, 0) is 6.42 Å². The summed E-state index contributed by atoms with van der Waals surface area (Å²) in [5.74, 6) is 0.237. The second-order valence-electron chi connectivity index (χ2n) is 3.89. The number of hydrogen-bond acceptors (Lipinski definition) is 6. The zero-order valence-electron chi connectivity index (χ0n) is 9.32. The van der Waals surface area contributed by atoms with Crippen molar-refractivity contribution < 1.29 is 10.2 Å². The number of nitrogens with zero attached hydrogens (tertiary/aromatic N) is 4. The third-order valence-electron chi connectivity index (χ3n) is 2.72. The highest BCUT2D eigenvalue weighted by atomic mass is 16.3. The fraction of sp³-hybridized carbons (Fsp3) is 0.500. The second-order valence-corrected chi connectivity index (χ2v) is 3.89. The molecule has 2 rings (SSSR count). The van der Waals surface area contributed by atoms with Crippen molar-refractivity contribution in [2.45, 2.75) is 13.0 Å². The average molecular weight is 237 g/mol. The van der Waals surface area contributed by atoms with Gasteiger partial charge in [-0.2, -0.15) is 0 Å². The van der Waals surface area contributed by atoms with E-state index in [4.69, 9.17) is 15.9 Å². The first-order chi connectivity index (χ1) is 8.26. The maximum Gasteiger partial charge on any atom is 0.165 e. The van der Waals surface area contributed by atoms with Gasteiger partial charge in [-0.3, -0.25) is 0 Å². The predicted octanol–water partition coefficient (Wildman–Crippen LogP) is -0.601. The lowest BCUT2D eigenvalue weighted by atomic mass is 10.1. The molecular formula is C10H15N5O2. The summed E-state index contributed by atoms with van der Waals surface area (Å²) in [7, 11) is 0. The third kappa shape index (κ3) is 2.34. The van der Waals surface area contributed by atoms with E-state index in [9.17, 15) is 0 Å². The van der Waals surface area contributed by atoms with Crippen LogP contribution >= 0.6 is 0 Å². The lowest BCUT2D eigenvalue weighted by molar-refractivity contribution is 0.140. The van der Waals surface area contributed by atoms with Gasteiger partial charge in [-0.1, -0.05) is 0 Å². The molecule has 7 nitrogen and oxygen atoms in total. The highest BCUT2D eigenvalue weighted by Crippen LogP contribution is 2.15. The van der Waals surface area contributed by atoms with Crippen LogP contribution in [0.5, 0.6) is 0 Å². The number of nitrogens with two attached hydrogens (primary N) is 1. The number of fused-ring (bicyclic) bond motifs is 1. The van der Waals surface area contributed by atoms with Crippen molar-refractivity contribution in [3.63, 3.8) is 0 Å². The van der Waals surface area contributed by atoms with Gasteiger partial charge in [-0.15, -0.1) is 0 Å². The Labute approximate surface area is 97.9 Å². The summed E-state index contributed by atoms with van der Waals surface area (Å²) in [4.78, 5) is 12.1. The summed E-state index contributed by atoms with van der Waals surface area (Å²) < 4.78 is 1.84. The van der Waals surface area contributed by atoms with Gasteiger partial charge >= 0.3 is 0 Å². The van der Waals surface area contributed by atoms with Gasteiger partial charge in [0.2, 0.25) is 0 Å². The number of aliphatic hydroxyl groups is 2. The van der Waals surface area contributed by atoms with Crippen LogP contribution in [-0.4, -0.2) is 42.9 Å². The predicted molar refractivity (Wildman–Crippen MR) is 62.0 cm³/mol. The molecule has 0 unspecified atom stereocenters. The van der Waals surface area contributed by atoms with E-state index in [2.05, 4.69) is 15.0 Å². The quantitative estimate of drug-likeness (QED) is 0.640. The molecule has 0 atom stereocenters.